The van der Waals surface area contributed by atoms with Gasteiger partial charge in [0.05, 0.1) is 25.7 Å². The van der Waals surface area contributed by atoms with E-state index in [9.17, 15) is 4.79 Å². The number of rotatable bonds is 3. The molecular formula is C11H18O5. The van der Waals surface area contributed by atoms with Crippen molar-refractivity contribution in [3.8, 4) is 0 Å². The third kappa shape index (κ3) is 2.53. The predicted molar refractivity (Wildman–Crippen MR) is 54.6 cm³/mol. The summed E-state index contributed by atoms with van der Waals surface area (Å²) < 4.78 is 16.1. The largest absolute Gasteiger partial charge is 0.463 e. The van der Waals surface area contributed by atoms with Crippen molar-refractivity contribution < 1.29 is 24.1 Å². The Labute approximate surface area is 94.7 Å². The highest BCUT2D eigenvalue weighted by molar-refractivity contribution is 5.72. The molecular weight excluding hydrogens is 212 g/mol. The van der Waals surface area contributed by atoms with Crippen molar-refractivity contribution in [3.05, 3.63) is 0 Å². The zero-order valence-corrected chi connectivity index (χ0v) is 9.31. The lowest BCUT2D eigenvalue weighted by atomic mass is 9.85. The fourth-order valence-electron chi connectivity index (χ4n) is 2.34. The maximum atomic E-state index is 11.5. The molecule has 0 aromatic rings. The average molecular weight is 230 g/mol. The second-order valence-electron chi connectivity index (χ2n) is 4.27. The van der Waals surface area contributed by atoms with E-state index in [1.54, 1.807) is 0 Å². The van der Waals surface area contributed by atoms with Gasteiger partial charge in [-0.3, -0.25) is 4.79 Å². The van der Waals surface area contributed by atoms with Gasteiger partial charge in [0.1, 0.15) is 6.61 Å². The van der Waals surface area contributed by atoms with E-state index in [4.69, 9.17) is 19.3 Å². The van der Waals surface area contributed by atoms with Gasteiger partial charge in [0.2, 0.25) is 0 Å². The summed E-state index contributed by atoms with van der Waals surface area (Å²) in [5.74, 6) is -0.694. The van der Waals surface area contributed by atoms with Gasteiger partial charge < -0.3 is 19.3 Å². The third-order valence-corrected chi connectivity index (χ3v) is 3.23. The Kier molecular flexibility index (Phi) is 3.78. The summed E-state index contributed by atoms with van der Waals surface area (Å²) in [6.07, 6.45) is 2.99. The fourth-order valence-corrected chi connectivity index (χ4v) is 2.34. The molecule has 1 saturated carbocycles. The van der Waals surface area contributed by atoms with Crippen molar-refractivity contribution in [1.29, 1.82) is 0 Å². The van der Waals surface area contributed by atoms with Crippen LogP contribution in [0.5, 0.6) is 0 Å². The van der Waals surface area contributed by atoms with Crippen molar-refractivity contribution in [2.75, 3.05) is 26.4 Å². The van der Waals surface area contributed by atoms with Gasteiger partial charge in [-0.05, 0) is 12.8 Å². The number of aliphatic hydroxyl groups excluding tert-OH is 1. The third-order valence-electron chi connectivity index (χ3n) is 3.23. The predicted octanol–water partition coefficient (Wildman–Crippen LogP) is 0.455. The van der Waals surface area contributed by atoms with E-state index in [-0.39, 0.29) is 25.1 Å². The second-order valence-corrected chi connectivity index (χ2v) is 4.27. The summed E-state index contributed by atoms with van der Waals surface area (Å²) in [5, 5.41) is 8.56. The summed E-state index contributed by atoms with van der Waals surface area (Å²) in [6.45, 7) is 1.28. The minimum Gasteiger partial charge on any atom is -0.463 e. The maximum absolute atomic E-state index is 11.5. The molecule has 1 N–H and O–H groups in total. The summed E-state index contributed by atoms with van der Waals surface area (Å²) in [4.78, 5) is 11.5. The van der Waals surface area contributed by atoms with E-state index in [1.807, 2.05) is 0 Å². The van der Waals surface area contributed by atoms with Crippen LogP contribution >= 0.6 is 0 Å². The Balaban J connectivity index is 1.78. The molecule has 0 radical (unpaired) electrons. The molecule has 0 bridgehead atoms. The second kappa shape index (κ2) is 5.12. The van der Waals surface area contributed by atoms with Gasteiger partial charge >= 0.3 is 5.97 Å². The van der Waals surface area contributed by atoms with E-state index in [0.29, 0.717) is 13.2 Å². The molecule has 1 spiro atoms. The highest BCUT2D eigenvalue weighted by Gasteiger charge is 2.42. The molecule has 1 heterocycles. The van der Waals surface area contributed by atoms with Crippen molar-refractivity contribution >= 4 is 5.97 Å². The fraction of sp³-hybridized carbons (Fsp3) is 0.909. The number of carbonyl (C=O) groups excluding carboxylic acids is 1. The van der Waals surface area contributed by atoms with Crippen molar-refractivity contribution in [2.45, 2.75) is 31.5 Å². The highest BCUT2D eigenvalue weighted by Crippen LogP contribution is 2.38. The van der Waals surface area contributed by atoms with Crippen LogP contribution in [0.3, 0.4) is 0 Å². The summed E-state index contributed by atoms with van der Waals surface area (Å²) in [5.41, 5.74) is 0. The van der Waals surface area contributed by atoms with E-state index in [1.165, 1.54) is 0 Å². The molecule has 16 heavy (non-hydrogen) atoms. The van der Waals surface area contributed by atoms with Gasteiger partial charge in [-0.2, -0.15) is 0 Å². The van der Waals surface area contributed by atoms with Crippen molar-refractivity contribution in [2.24, 2.45) is 5.92 Å². The molecule has 0 unspecified atom stereocenters. The Morgan fingerprint density at radius 3 is 2.50 bits per heavy atom. The molecule has 1 aliphatic carbocycles. The quantitative estimate of drug-likeness (QED) is 0.713. The summed E-state index contributed by atoms with van der Waals surface area (Å²) in [7, 11) is 0. The number of esters is 1. The molecule has 1 aliphatic heterocycles. The normalized spacial score (nSPS) is 24.8. The lowest BCUT2D eigenvalue weighted by Gasteiger charge is -2.34. The average Bonchev–Trinajstić information content (AvgIpc) is 2.75. The molecule has 92 valence electrons. The Bertz CT molecular complexity index is 237. The Morgan fingerprint density at radius 1 is 1.31 bits per heavy atom. The summed E-state index contributed by atoms with van der Waals surface area (Å²) in [6, 6.07) is 0. The Morgan fingerprint density at radius 2 is 1.94 bits per heavy atom. The first-order chi connectivity index (χ1) is 7.76. The van der Waals surface area contributed by atoms with E-state index >= 15 is 0 Å². The Hall–Kier alpha value is -0.650. The first-order valence-corrected chi connectivity index (χ1v) is 5.81. The minimum atomic E-state index is -0.423. The zero-order chi connectivity index (χ0) is 11.4. The zero-order valence-electron chi connectivity index (χ0n) is 9.31. The van der Waals surface area contributed by atoms with E-state index < -0.39 is 5.79 Å². The van der Waals surface area contributed by atoms with Gasteiger partial charge in [0, 0.05) is 12.8 Å². The van der Waals surface area contributed by atoms with Crippen LogP contribution in [-0.4, -0.2) is 43.3 Å². The number of hydrogen-bond donors (Lipinski definition) is 1. The first kappa shape index (κ1) is 11.8. The smallest absolute Gasteiger partial charge is 0.309 e. The SMILES string of the molecule is O=C(OCCO)C1CCC2(CC1)OCCO2. The monoisotopic (exact) mass is 230 g/mol. The van der Waals surface area contributed by atoms with Crippen LogP contribution in [0.15, 0.2) is 0 Å². The van der Waals surface area contributed by atoms with Crippen LogP contribution in [0, 0.1) is 5.92 Å². The molecule has 0 aromatic carbocycles. The molecule has 2 fully saturated rings. The minimum absolute atomic E-state index is 0.0648. The van der Waals surface area contributed by atoms with Crippen molar-refractivity contribution in [1.82, 2.24) is 0 Å². The maximum Gasteiger partial charge on any atom is 0.309 e. The molecule has 0 aromatic heterocycles. The molecule has 5 heteroatoms. The van der Waals surface area contributed by atoms with Gasteiger partial charge in [0.15, 0.2) is 5.79 Å². The van der Waals surface area contributed by atoms with Gasteiger partial charge in [-0.25, -0.2) is 0 Å². The van der Waals surface area contributed by atoms with Crippen molar-refractivity contribution in [3.63, 3.8) is 0 Å². The molecule has 2 aliphatic rings. The van der Waals surface area contributed by atoms with Gasteiger partial charge in [0.25, 0.3) is 0 Å². The highest BCUT2D eigenvalue weighted by atomic mass is 16.7. The summed E-state index contributed by atoms with van der Waals surface area (Å²) >= 11 is 0. The van der Waals surface area contributed by atoms with Crippen LogP contribution in [0.25, 0.3) is 0 Å². The number of carbonyl (C=O) groups is 1. The first-order valence-electron chi connectivity index (χ1n) is 5.81. The molecule has 1 saturated heterocycles. The topological polar surface area (TPSA) is 65.0 Å². The van der Waals surface area contributed by atoms with E-state index in [0.717, 1.165) is 25.7 Å². The van der Waals surface area contributed by atoms with Gasteiger partial charge in [-0.15, -0.1) is 0 Å². The van der Waals surface area contributed by atoms with Crippen LogP contribution in [0.4, 0.5) is 0 Å². The number of hydrogen-bond acceptors (Lipinski definition) is 5. The lowest BCUT2D eigenvalue weighted by Crippen LogP contribution is -2.37. The van der Waals surface area contributed by atoms with E-state index in [2.05, 4.69) is 0 Å². The molecule has 5 nitrogen and oxygen atoms in total. The lowest BCUT2D eigenvalue weighted by molar-refractivity contribution is -0.188. The number of ether oxygens (including phenoxy) is 3. The van der Waals surface area contributed by atoms with Crippen LogP contribution in [-0.2, 0) is 19.0 Å². The molecule has 0 amide bonds. The molecule has 2 rings (SSSR count). The number of aliphatic hydroxyl groups is 1. The standard InChI is InChI=1S/C11H18O5/c12-5-6-14-10(13)9-1-3-11(4-2-9)15-7-8-16-11/h9,12H,1-8H2. The van der Waals surface area contributed by atoms with Crippen LogP contribution in [0.2, 0.25) is 0 Å². The van der Waals surface area contributed by atoms with Crippen LogP contribution < -0.4 is 0 Å². The van der Waals surface area contributed by atoms with Gasteiger partial charge in [-0.1, -0.05) is 0 Å². The molecule has 0 atom stereocenters. The van der Waals surface area contributed by atoms with Crippen LogP contribution in [0.1, 0.15) is 25.7 Å².